The molecular weight excluding hydrogens is 282 g/mol. The highest BCUT2D eigenvalue weighted by Gasteiger charge is 2.24. The van der Waals surface area contributed by atoms with E-state index in [4.69, 9.17) is 9.47 Å². The van der Waals surface area contributed by atoms with Crippen LogP contribution in [0.4, 0.5) is 0 Å². The molecule has 17 heavy (non-hydrogen) atoms. The van der Waals surface area contributed by atoms with Crippen LogP contribution in [0.2, 0.25) is 0 Å². The van der Waals surface area contributed by atoms with Crippen LogP contribution in [0.3, 0.4) is 0 Å². The van der Waals surface area contributed by atoms with Gasteiger partial charge in [0.05, 0.1) is 6.61 Å². The summed E-state index contributed by atoms with van der Waals surface area (Å²) in [4.78, 5) is 0. The van der Waals surface area contributed by atoms with Crippen LogP contribution >= 0.6 is 15.9 Å². The number of piperidine rings is 1. The van der Waals surface area contributed by atoms with Crippen molar-refractivity contribution in [3.63, 3.8) is 0 Å². The molecule has 3 rings (SSSR count). The average molecular weight is 298 g/mol. The highest BCUT2D eigenvalue weighted by atomic mass is 79.9. The Morgan fingerprint density at radius 3 is 2.88 bits per heavy atom. The predicted molar refractivity (Wildman–Crippen MR) is 69.3 cm³/mol. The van der Waals surface area contributed by atoms with Gasteiger partial charge in [0.1, 0.15) is 5.75 Å². The van der Waals surface area contributed by atoms with Gasteiger partial charge in [-0.3, -0.25) is 0 Å². The summed E-state index contributed by atoms with van der Waals surface area (Å²) in [6.07, 6.45) is 2.38. The van der Waals surface area contributed by atoms with Gasteiger partial charge in [-0.25, -0.2) is 0 Å². The van der Waals surface area contributed by atoms with Gasteiger partial charge in [0.25, 0.3) is 0 Å². The van der Waals surface area contributed by atoms with Crippen LogP contribution in [-0.2, 0) is 11.3 Å². The molecule has 0 aliphatic carbocycles. The lowest BCUT2D eigenvalue weighted by atomic mass is 9.87. The zero-order chi connectivity index (χ0) is 11.7. The zero-order valence-corrected chi connectivity index (χ0v) is 11.3. The van der Waals surface area contributed by atoms with Crippen molar-refractivity contribution in [1.82, 2.24) is 5.32 Å². The molecule has 0 atom stereocenters. The van der Waals surface area contributed by atoms with Crippen molar-refractivity contribution in [2.24, 2.45) is 0 Å². The third-order valence-electron chi connectivity index (χ3n) is 3.55. The Hall–Kier alpha value is -0.580. The van der Waals surface area contributed by atoms with E-state index < -0.39 is 0 Å². The maximum absolute atomic E-state index is 5.55. The fourth-order valence-corrected chi connectivity index (χ4v) is 3.40. The number of fused-ring (bicyclic) bond motifs is 1. The summed E-state index contributed by atoms with van der Waals surface area (Å²) in [5, 5.41) is 3.41. The molecule has 1 saturated heterocycles. The van der Waals surface area contributed by atoms with E-state index in [-0.39, 0.29) is 0 Å². The largest absolute Gasteiger partial charge is 0.467 e. The van der Waals surface area contributed by atoms with E-state index in [1.807, 2.05) is 6.07 Å². The molecule has 2 aliphatic heterocycles. The Bertz CT molecular complexity index is 416. The maximum atomic E-state index is 5.55. The number of ether oxygens (including phenoxy) is 2. The van der Waals surface area contributed by atoms with E-state index >= 15 is 0 Å². The summed E-state index contributed by atoms with van der Waals surface area (Å²) >= 11 is 3.68. The monoisotopic (exact) mass is 297 g/mol. The molecule has 3 nitrogen and oxygen atoms in total. The van der Waals surface area contributed by atoms with E-state index in [0.717, 1.165) is 18.8 Å². The lowest BCUT2D eigenvalue weighted by Crippen LogP contribution is -2.28. The highest BCUT2D eigenvalue weighted by molar-refractivity contribution is 9.10. The fraction of sp³-hybridized carbons (Fsp3) is 0.538. The van der Waals surface area contributed by atoms with Crippen molar-refractivity contribution in [3.8, 4) is 5.75 Å². The van der Waals surface area contributed by atoms with Gasteiger partial charge in [-0.2, -0.15) is 0 Å². The summed E-state index contributed by atoms with van der Waals surface area (Å²) in [5.74, 6) is 1.61. The topological polar surface area (TPSA) is 30.5 Å². The maximum Gasteiger partial charge on any atom is 0.189 e. The highest BCUT2D eigenvalue weighted by Crippen LogP contribution is 2.39. The number of rotatable bonds is 1. The first-order chi connectivity index (χ1) is 8.36. The van der Waals surface area contributed by atoms with E-state index in [1.54, 1.807) is 0 Å². The predicted octanol–water partition coefficient (Wildman–Crippen LogP) is 2.78. The molecule has 0 saturated carbocycles. The molecule has 0 radical (unpaired) electrons. The Balaban J connectivity index is 2.01. The molecule has 92 valence electrons. The van der Waals surface area contributed by atoms with Gasteiger partial charge in [0.2, 0.25) is 0 Å². The lowest BCUT2D eigenvalue weighted by Gasteiger charge is -2.29. The SMILES string of the molecule is Brc1ccc2c(c1C1CCNCC1)COCO2. The number of benzene rings is 1. The standard InChI is InChI=1S/C13H16BrNO2/c14-11-1-2-12-10(7-16-8-17-12)13(11)9-3-5-15-6-4-9/h1-2,9,15H,3-8H2. The molecule has 2 heterocycles. The molecule has 0 spiro atoms. The van der Waals surface area contributed by atoms with Gasteiger partial charge in [-0.15, -0.1) is 0 Å². The normalized spacial score (nSPS) is 20.8. The fourth-order valence-electron chi connectivity index (χ4n) is 2.70. The van der Waals surface area contributed by atoms with Crippen molar-refractivity contribution in [2.45, 2.75) is 25.4 Å². The number of nitrogens with one attached hydrogen (secondary N) is 1. The van der Waals surface area contributed by atoms with Crippen molar-refractivity contribution in [1.29, 1.82) is 0 Å². The Morgan fingerprint density at radius 1 is 1.24 bits per heavy atom. The summed E-state index contributed by atoms with van der Waals surface area (Å²) in [7, 11) is 0. The van der Waals surface area contributed by atoms with Crippen LogP contribution in [0.25, 0.3) is 0 Å². The first kappa shape index (κ1) is 11.5. The minimum atomic E-state index is 0.375. The van der Waals surface area contributed by atoms with Crippen molar-refractivity contribution in [3.05, 3.63) is 27.7 Å². The third-order valence-corrected chi connectivity index (χ3v) is 4.24. The zero-order valence-electron chi connectivity index (χ0n) is 9.67. The second-order valence-electron chi connectivity index (χ2n) is 4.57. The van der Waals surface area contributed by atoms with Gasteiger partial charge in [-0.05, 0) is 49.5 Å². The lowest BCUT2D eigenvalue weighted by molar-refractivity contribution is -0.0171. The Kier molecular flexibility index (Phi) is 3.36. The van der Waals surface area contributed by atoms with Crippen LogP contribution in [0.5, 0.6) is 5.75 Å². The van der Waals surface area contributed by atoms with E-state index in [0.29, 0.717) is 19.3 Å². The smallest absolute Gasteiger partial charge is 0.189 e. The Morgan fingerprint density at radius 2 is 2.06 bits per heavy atom. The molecule has 4 heteroatoms. The molecule has 0 amide bonds. The molecule has 0 unspecified atom stereocenters. The second-order valence-corrected chi connectivity index (χ2v) is 5.43. The molecular formula is C13H16BrNO2. The van der Waals surface area contributed by atoms with E-state index in [9.17, 15) is 0 Å². The molecule has 2 aliphatic rings. The van der Waals surface area contributed by atoms with Crippen LogP contribution in [0.15, 0.2) is 16.6 Å². The number of hydrogen-bond acceptors (Lipinski definition) is 3. The Labute approximate surface area is 110 Å². The minimum absolute atomic E-state index is 0.375. The summed E-state index contributed by atoms with van der Waals surface area (Å²) in [6.45, 7) is 3.25. The van der Waals surface area contributed by atoms with Gasteiger partial charge in [0, 0.05) is 10.0 Å². The summed E-state index contributed by atoms with van der Waals surface area (Å²) in [6, 6.07) is 4.13. The first-order valence-electron chi connectivity index (χ1n) is 6.09. The summed E-state index contributed by atoms with van der Waals surface area (Å²) < 4.78 is 12.2. The van der Waals surface area contributed by atoms with Gasteiger partial charge < -0.3 is 14.8 Å². The summed E-state index contributed by atoms with van der Waals surface area (Å²) in [5.41, 5.74) is 2.63. The minimum Gasteiger partial charge on any atom is -0.467 e. The van der Waals surface area contributed by atoms with Crippen LogP contribution in [0.1, 0.15) is 29.9 Å². The van der Waals surface area contributed by atoms with E-state index in [1.165, 1.54) is 28.4 Å². The van der Waals surface area contributed by atoms with Gasteiger partial charge in [-0.1, -0.05) is 15.9 Å². The molecule has 0 bridgehead atoms. The average Bonchev–Trinajstić information content (AvgIpc) is 2.39. The van der Waals surface area contributed by atoms with Crippen LogP contribution < -0.4 is 10.1 Å². The van der Waals surface area contributed by atoms with Crippen LogP contribution in [0, 0.1) is 0 Å². The van der Waals surface area contributed by atoms with E-state index in [2.05, 4.69) is 27.3 Å². The van der Waals surface area contributed by atoms with Gasteiger partial charge >= 0.3 is 0 Å². The molecule has 1 aromatic carbocycles. The third kappa shape index (κ3) is 2.21. The van der Waals surface area contributed by atoms with Crippen molar-refractivity contribution >= 4 is 15.9 Å². The van der Waals surface area contributed by atoms with Crippen LogP contribution in [-0.4, -0.2) is 19.9 Å². The number of halogens is 1. The molecule has 1 N–H and O–H groups in total. The quantitative estimate of drug-likeness (QED) is 0.865. The molecule has 0 aromatic heterocycles. The van der Waals surface area contributed by atoms with Gasteiger partial charge in [0.15, 0.2) is 6.79 Å². The second kappa shape index (κ2) is 4.96. The van der Waals surface area contributed by atoms with Crippen molar-refractivity contribution in [2.75, 3.05) is 19.9 Å². The molecule has 1 aromatic rings. The van der Waals surface area contributed by atoms with Crippen molar-refractivity contribution < 1.29 is 9.47 Å². The number of hydrogen-bond donors (Lipinski definition) is 1. The first-order valence-corrected chi connectivity index (χ1v) is 6.88. The molecule has 1 fully saturated rings.